The molecule has 1 N–H and O–H groups in total. The second-order valence-electron chi connectivity index (χ2n) is 5.63. The number of carbonyl (C=O) groups is 1. The fourth-order valence-electron chi connectivity index (χ4n) is 3.09. The molecule has 1 saturated heterocycles. The highest BCUT2D eigenvalue weighted by Crippen LogP contribution is 2.29. The molecule has 1 fully saturated rings. The standard InChI is InChI=1S/C16H16N4OS/c21-16(14-9-22-10-18-14)20-6-2-4-12(8-20)13-7-11-3-1-5-17-15(11)19-13/h1,3,5,7,9-10,12H,2,4,6,8H2,(H,17,19). The Morgan fingerprint density at radius 1 is 1.41 bits per heavy atom. The van der Waals surface area contributed by atoms with E-state index in [9.17, 15) is 4.79 Å². The number of fused-ring (bicyclic) bond motifs is 1. The van der Waals surface area contributed by atoms with Crippen LogP contribution >= 0.6 is 11.3 Å². The van der Waals surface area contributed by atoms with Gasteiger partial charge in [0.15, 0.2) is 0 Å². The first-order chi connectivity index (χ1) is 10.8. The number of H-pyrrole nitrogens is 1. The molecule has 0 aliphatic carbocycles. The van der Waals surface area contributed by atoms with Crippen molar-refractivity contribution in [3.8, 4) is 0 Å². The van der Waals surface area contributed by atoms with Crippen molar-refractivity contribution in [2.45, 2.75) is 18.8 Å². The van der Waals surface area contributed by atoms with Crippen LogP contribution in [0.2, 0.25) is 0 Å². The lowest BCUT2D eigenvalue weighted by Crippen LogP contribution is -2.39. The Morgan fingerprint density at radius 3 is 3.18 bits per heavy atom. The fraction of sp³-hybridized carbons (Fsp3) is 0.312. The van der Waals surface area contributed by atoms with E-state index in [1.807, 2.05) is 16.3 Å². The summed E-state index contributed by atoms with van der Waals surface area (Å²) in [5.74, 6) is 0.380. The summed E-state index contributed by atoms with van der Waals surface area (Å²) in [5.41, 5.74) is 4.35. The molecule has 0 saturated carbocycles. The van der Waals surface area contributed by atoms with Gasteiger partial charge in [0.25, 0.3) is 5.91 Å². The van der Waals surface area contributed by atoms with E-state index in [1.54, 1.807) is 11.7 Å². The number of hydrogen-bond donors (Lipinski definition) is 1. The molecule has 0 bridgehead atoms. The van der Waals surface area contributed by atoms with Crippen molar-refractivity contribution in [1.82, 2.24) is 19.9 Å². The first-order valence-corrected chi connectivity index (χ1v) is 8.36. The zero-order valence-corrected chi connectivity index (χ0v) is 12.8. The Morgan fingerprint density at radius 2 is 2.36 bits per heavy atom. The number of hydrogen-bond acceptors (Lipinski definition) is 4. The number of amides is 1. The molecule has 4 rings (SSSR count). The SMILES string of the molecule is O=C(c1cscn1)N1CCCC(c2cc3cccnc3[nH]2)C1. The maximum atomic E-state index is 12.5. The molecule has 1 amide bonds. The Bertz CT molecular complexity index is 762. The van der Waals surface area contributed by atoms with Crippen molar-refractivity contribution in [2.75, 3.05) is 13.1 Å². The van der Waals surface area contributed by atoms with Gasteiger partial charge in [-0.3, -0.25) is 4.79 Å². The average Bonchev–Trinajstić information content (AvgIpc) is 3.23. The first kappa shape index (κ1) is 13.5. The lowest BCUT2D eigenvalue weighted by atomic mass is 9.94. The van der Waals surface area contributed by atoms with Gasteiger partial charge in [0.2, 0.25) is 0 Å². The van der Waals surface area contributed by atoms with Gasteiger partial charge >= 0.3 is 0 Å². The van der Waals surface area contributed by atoms with Crippen LogP contribution in [0.5, 0.6) is 0 Å². The summed E-state index contributed by atoms with van der Waals surface area (Å²) >= 11 is 1.46. The molecule has 3 aromatic heterocycles. The zero-order chi connectivity index (χ0) is 14.9. The molecule has 1 atom stereocenters. The van der Waals surface area contributed by atoms with Crippen molar-refractivity contribution >= 4 is 28.3 Å². The van der Waals surface area contributed by atoms with Crippen LogP contribution in [0, 0.1) is 0 Å². The quantitative estimate of drug-likeness (QED) is 0.791. The van der Waals surface area contributed by atoms with Crippen molar-refractivity contribution in [3.05, 3.63) is 46.7 Å². The molecule has 0 radical (unpaired) electrons. The van der Waals surface area contributed by atoms with Crippen LogP contribution in [0.1, 0.15) is 34.9 Å². The first-order valence-electron chi connectivity index (χ1n) is 7.42. The number of piperidine rings is 1. The van der Waals surface area contributed by atoms with E-state index in [0.29, 0.717) is 11.6 Å². The number of nitrogens with one attached hydrogen (secondary N) is 1. The van der Waals surface area contributed by atoms with E-state index in [2.05, 4.69) is 27.1 Å². The molecule has 0 aromatic carbocycles. The fourth-order valence-corrected chi connectivity index (χ4v) is 3.62. The van der Waals surface area contributed by atoms with Crippen LogP contribution in [-0.2, 0) is 0 Å². The van der Waals surface area contributed by atoms with Crippen LogP contribution in [0.4, 0.5) is 0 Å². The summed E-state index contributed by atoms with van der Waals surface area (Å²) in [5, 5.41) is 2.94. The minimum Gasteiger partial charge on any atom is -0.343 e. The van der Waals surface area contributed by atoms with E-state index >= 15 is 0 Å². The van der Waals surface area contributed by atoms with Crippen LogP contribution in [0.15, 0.2) is 35.3 Å². The smallest absolute Gasteiger partial charge is 0.273 e. The molecule has 3 aromatic rings. The Hall–Kier alpha value is -2.21. The predicted octanol–water partition coefficient (Wildman–Crippen LogP) is 3.04. The van der Waals surface area contributed by atoms with Gasteiger partial charge in [0.1, 0.15) is 11.3 Å². The minimum atomic E-state index is 0.0418. The van der Waals surface area contributed by atoms with Gasteiger partial charge in [-0.15, -0.1) is 11.3 Å². The largest absolute Gasteiger partial charge is 0.343 e. The molecular weight excluding hydrogens is 296 g/mol. The number of rotatable bonds is 2. The highest BCUT2D eigenvalue weighted by Gasteiger charge is 2.27. The zero-order valence-electron chi connectivity index (χ0n) is 12.0. The lowest BCUT2D eigenvalue weighted by molar-refractivity contribution is 0.0701. The number of likely N-dealkylation sites (tertiary alicyclic amines) is 1. The molecule has 1 unspecified atom stereocenters. The highest BCUT2D eigenvalue weighted by molar-refractivity contribution is 7.07. The molecule has 22 heavy (non-hydrogen) atoms. The normalized spacial score (nSPS) is 18.7. The van der Waals surface area contributed by atoms with Gasteiger partial charge in [0.05, 0.1) is 5.51 Å². The van der Waals surface area contributed by atoms with E-state index in [0.717, 1.165) is 37.0 Å². The van der Waals surface area contributed by atoms with Crippen molar-refractivity contribution < 1.29 is 4.79 Å². The monoisotopic (exact) mass is 312 g/mol. The van der Waals surface area contributed by atoms with Crippen LogP contribution < -0.4 is 0 Å². The van der Waals surface area contributed by atoms with Gasteiger partial charge in [-0.05, 0) is 31.0 Å². The number of aromatic amines is 1. The van der Waals surface area contributed by atoms with E-state index in [1.165, 1.54) is 17.0 Å². The van der Waals surface area contributed by atoms with Gasteiger partial charge in [-0.1, -0.05) is 0 Å². The third kappa shape index (κ3) is 2.39. The lowest BCUT2D eigenvalue weighted by Gasteiger charge is -2.32. The summed E-state index contributed by atoms with van der Waals surface area (Å²) in [6.45, 7) is 1.55. The topological polar surface area (TPSA) is 61.9 Å². The van der Waals surface area contributed by atoms with E-state index < -0.39 is 0 Å². The van der Waals surface area contributed by atoms with Crippen molar-refractivity contribution in [3.63, 3.8) is 0 Å². The molecule has 6 heteroatoms. The molecule has 1 aliphatic rings. The summed E-state index contributed by atoms with van der Waals surface area (Å²) in [6, 6.07) is 6.16. The molecular formula is C16H16N4OS. The Balaban J connectivity index is 1.56. The molecule has 1 aliphatic heterocycles. The summed E-state index contributed by atoms with van der Waals surface area (Å²) in [4.78, 5) is 26.3. The molecule has 0 spiro atoms. The van der Waals surface area contributed by atoms with E-state index in [4.69, 9.17) is 0 Å². The number of carbonyl (C=O) groups excluding carboxylic acids is 1. The molecule has 5 nitrogen and oxygen atoms in total. The Labute approximate surface area is 132 Å². The predicted molar refractivity (Wildman–Crippen MR) is 86.1 cm³/mol. The summed E-state index contributed by atoms with van der Waals surface area (Å²) < 4.78 is 0. The minimum absolute atomic E-state index is 0.0418. The Kier molecular flexibility index (Phi) is 3.38. The van der Waals surface area contributed by atoms with Crippen LogP contribution in [-0.4, -0.2) is 38.8 Å². The average molecular weight is 312 g/mol. The summed E-state index contributed by atoms with van der Waals surface area (Å²) in [7, 11) is 0. The number of nitrogens with zero attached hydrogens (tertiary/aromatic N) is 3. The number of aromatic nitrogens is 3. The van der Waals surface area contributed by atoms with E-state index in [-0.39, 0.29) is 5.91 Å². The van der Waals surface area contributed by atoms with Gasteiger partial charge in [0, 0.05) is 41.7 Å². The number of thiazole rings is 1. The van der Waals surface area contributed by atoms with Crippen LogP contribution in [0.3, 0.4) is 0 Å². The highest BCUT2D eigenvalue weighted by atomic mass is 32.1. The van der Waals surface area contributed by atoms with Crippen molar-refractivity contribution in [2.24, 2.45) is 0 Å². The maximum absolute atomic E-state index is 12.5. The third-order valence-corrected chi connectivity index (χ3v) is 4.80. The maximum Gasteiger partial charge on any atom is 0.273 e. The second-order valence-corrected chi connectivity index (χ2v) is 6.35. The van der Waals surface area contributed by atoms with Gasteiger partial charge < -0.3 is 9.88 Å². The molecule has 4 heterocycles. The molecule has 112 valence electrons. The summed E-state index contributed by atoms with van der Waals surface area (Å²) in [6.07, 6.45) is 3.90. The number of pyridine rings is 1. The van der Waals surface area contributed by atoms with Crippen LogP contribution in [0.25, 0.3) is 11.0 Å². The third-order valence-electron chi connectivity index (χ3n) is 4.21. The van der Waals surface area contributed by atoms with Gasteiger partial charge in [-0.25, -0.2) is 9.97 Å². The van der Waals surface area contributed by atoms with Crippen molar-refractivity contribution in [1.29, 1.82) is 0 Å². The van der Waals surface area contributed by atoms with Gasteiger partial charge in [-0.2, -0.15) is 0 Å². The second kappa shape index (κ2) is 5.53.